The summed E-state index contributed by atoms with van der Waals surface area (Å²) in [7, 11) is 1.91. The lowest BCUT2D eigenvalue weighted by atomic mass is 9.71. The fourth-order valence-corrected chi connectivity index (χ4v) is 4.05. The molecule has 2 N–H and O–H groups in total. The first-order chi connectivity index (χ1) is 9.54. The van der Waals surface area contributed by atoms with Gasteiger partial charge in [-0.15, -0.1) is 11.3 Å². The number of aryl methyl sites for hydroxylation is 1. The predicted molar refractivity (Wildman–Crippen MR) is 84.7 cm³/mol. The first-order valence-electron chi connectivity index (χ1n) is 7.54. The first kappa shape index (κ1) is 15.5. The fraction of sp³-hybridized carbons (Fsp3) is 0.688. The number of hydrogen-bond acceptors (Lipinski definition) is 3. The van der Waals surface area contributed by atoms with Crippen molar-refractivity contribution in [3.8, 4) is 0 Å². The number of carbonyl (C=O) groups is 1. The number of amides is 1. The molecule has 0 atom stereocenters. The second kappa shape index (κ2) is 6.72. The fourth-order valence-electron chi connectivity index (χ4n) is 3.10. The zero-order valence-corrected chi connectivity index (χ0v) is 13.5. The molecule has 4 heteroatoms. The van der Waals surface area contributed by atoms with Gasteiger partial charge in [0.25, 0.3) is 0 Å². The average Bonchev–Trinajstić information content (AvgIpc) is 2.85. The van der Waals surface area contributed by atoms with E-state index in [1.807, 2.05) is 11.9 Å². The van der Waals surface area contributed by atoms with Crippen LogP contribution in [0.25, 0.3) is 0 Å². The summed E-state index contributed by atoms with van der Waals surface area (Å²) < 4.78 is 0. The van der Waals surface area contributed by atoms with Crippen LogP contribution < -0.4 is 5.73 Å². The molecular formula is C16H26N2OS. The number of rotatable bonds is 5. The summed E-state index contributed by atoms with van der Waals surface area (Å²) >= 11 is 1.77. The molecule has 0 bridgehead atoms. The number of thiophene rings is 1. The summed E-state index contributed by atoms with van der Waals surface area (Å²) in [6, 6.07) is 4.23. The molecule has 1 aliphatic rings. The van der Waals surface area contributed by atoms with Crippen LogP contribution in [-0.4, -0.2) is 24.4 Å². The molecule has 2 rings (SSSR count). The van der Waals surface area contributed by atoms with Gasteiger partial charge in [-0.25, -0.2) is 0 Å². The normalized spacial score (nSPS) is 17.9. The van der Waals surface area contributed by atoms with E-state index < -0.39 is 0 Å². The molecule has 1 amide bonds. The van der Waals surface area contributed by atoms with Crippen LogP contribution in [0.15, 0.2) is 12.1 Å². The Labute approximate surface area is 126 Å². The van der Waals surface area contributed by atoms with Crippen molar-refractivity contribution in [3.63, 3.8) is 0 Å². The summed E-state index contributed by atoms with van der Waals surface area (Å²) in [6.45, 7) is 3.46. The van der Waals surface area contributed by atoms with E-state index in [2.05, 4.69) is 19.1 Å². The molecule has 0 aromatic carbocycles. The van der Waals surface area contributed by atoms with Crippen LogP contribution in [0, 0.1) is 12.3 Å². The van der Waals surface area contributed by atoms with Gasteiger partial charge in [0.1, 0.15) is 0 Å². The predicted octanol–water partition coefficient (Wildman–Crippen LogP) is 3.31. The smallest absolute Gasteiger partial charge is 0.223 e. The van der Waals surface area contributed by atoms with Crippen molar-refractivity contribution >= 4 is 17.2 Å². The topological polar surface area (TPSA) is 46.3 Å². The van der Waals surface area contributed by atoms with E-state index in [4.69, 9.17) is 5.73 Å². The minimum absolute atomic E-state index is 0.0644. The molecule has 1 aromatic heterocycles. The van der Waals surface area contributed by atoms with E-state index >= 15 is 0 Å². The molecule has 0 saturated heterocycles. The van der Waals surface area contributed by atoms with E-state index in [0.29, 0.717) is 13.0 Å². The monoisotopic (exact) mass is 294 g/mol. The maximum atomic E-state index is 12.5. The van der Waals surface area contributed by atoms with Crippen LogP contribution in [0.2, 0.25) is 0 Å². The summed E-state index contributed by atoms with van der Waals surface area (Å²) in [5, 5.41) is 0. The van der Waals surface area contributed by atoms with Gasteiger partial charge >= 0.3 is 0 Å². The maximum absolute atomic E-state index is 12.5. The largest absolute Gasteiger partial charge is 0.341 e. The number of carbonyl (C=O) groups excluding carboxylic acids is 1. The zero-order valence-electron chi connectivity index (χ0n) is 12.7. The number of hydrogen-bond donors (Lipinski definition) is 1. The maximum Gasteiger partial charge on any atom is 0.223 e. The van der Waals surface area contributed by atoms with E-state index in [-0.39, 0.29) is 11.3 Å². The lowest BCUT2D eigenvalue weighted by Gasteiger charge is -2.36. The molecule has 1 heterocycles. The minimum atomic E-state index is 0.0644. The van der Waals surface area contributed by atoms with E-state index in [9.17, 15) is 4.79 Å². The molecule has 1 saturated carbocycles. The Bertz CT molecular complexity index is 449. The van der Waals surface area contributed by atoms with Crippen molar-refractivity contribution in [2.24, 2.45) is 11.1 Å². The molecule has 112 valence electrons. The lowest BCUT2D eigenvalue weighted by molar-refractivity contribution is -0.133. The summed E-state index contributed by atoms with van der Waals surface area (Å²) in [4.78, 5) is 16.9. The van der Waals surface area contributed by atoms with E-state index in [0.717, 1.165) is 19.4 Å². The Balaban J connectivity index is 1.92. The highest BCUT2D eigenvalue weighted by molar-refractivity contribution is 7.11. The average molecular weight is 294 g/mol. The third kappa shape index (κ3) is 3.83. The molecule has 0 aliphatic heterocycles. The van der Waals surface area contributed by atoms with Crippen molar-refractivity contribution in [1.82, 2.24) is 4.90 Å². The van der Waals surface area contributed by atoms with Crippen LogP contribution in [-0.2, 0) is 11.3 Å². The van der Waals surface area contributed by atoms with Gasteiger partial charge in [-0.1, -0.05) is 19.3 Å². The highest BCUT2D eigenvalue weighted by atomic mass is 32.1. The van der Waals surface area contributed by atoms with Gasteiger partial charge in [0, 0.05) is 23.2 Å². The highest BCUT2D eigenvalue weighted by Crippen LogP contribution is 2.38. The molecule has 0 spiro atoms. The van der Waals surface area contributed by atoms with Gasteiger partial charge in [-0.05, 0) is 43.9 Å². The third-order valence-corrected chi connectivity index (χ3v) is 5.47. The molecule has 3 nitrogen and oxygen atoms in total. The molecule has 1 fully saturated rings. The Morgan fingerprint density at radius 3 is 2.60 bits per heavy atom. The minimum Gasteiger partial charge on any atom is -0.341 e. The summed E-state index contributed by atoms with van der Waals surface area (Å²) in [6.07, 6.45) is 6.57. The van der Waals surface area contributed by atoms with Gasteiger partial charge < -0.3 is 10.6 Å². The van der Waals surface area contributed by atoms with Crippen LogP contribution >= 0.6 is 11.3 Å². The van der Waals surface area contributed by atoms with Gasteiger partial charge in [-0.3, -0.25) is 4.79 Å². The Kier molecular flexibility index (Phi) is 5.22. The van der Waals surface area contributed by atoms with Crippen LogP contribution in [0.5, 0.6) is 0 Å². The van der Waals surface area contributed by atoms with Crippen molar-refractivity contribution in [3.05, 3.63) is 21.9 Å². The standard InChI is InChI=1S/C16H26N2OS/c1-13-6-7-14(20-13)11-18(2)15(19)10-16(12-17)8-4-3-5-9-16/h6-7H,3-5,8-12,17H2,1-2H3. The zero-order chi connectivity index (χ0) is 14.6. The third-order valence-electron chi connectivity index (χ3n) is 4.49. The van der Waals surface area contributed by atoms with E-state index in [1.165, 1.54) is 29.0 Å². The molecular weight excluding hydrogens is 268 g/mol. The highest BCUT2D eigenvalue weighted by Gasteiger charge is 2.33. The molecule has 1 aromatic rings. The molecule has 20 heavy (non-hydrogen) atoms. The Morgan fingerprint density at radius 2 is 2.05 bits per heavy atom. The Hall–Kier alpha value is -0.870. The molecule has 0 radical (unpaired) electrons. The van der Waals surface area contributed by atoms with Gasteiger partial charge in [0.05, 0.1) is 6.54 Å². The summed E-state index contributed by atoms with van der Waals surface area (Å²) in [5.41, 5.74) is 6.04. The van der Waals surface area contributed by atoms with Crippen LogP contribution in [0.3, 0.4) is 0 Å². The van der Waals surface area contributed by atoms with Crippen molar-refractivity contribution in [2.45, 2.75) is 52.0 Å². The lowest BCUT2D eigenvalue weighted by Crippen LogP contribution is -2.39. The van der Waals surface area contributed by atoms with Gasteiger partial charge in [0.2, 0.25) is 5.91 Å². The number of nitrogens with zero attached hydrogens (tertiary/aromatic N) is 1. The Morgan fingerprint density at radius 1 is 1.35 bits per heavy atom. The number of nitrogens with two attached hydrogens (primary N) is 1. The van der Waals surface area contributed by atoms with Gasteiger partial charge in [-0.2, -0.15) is 0 Å². The van der Waals surface area contributed by atoms with E-state index in [1.54, 1.807) is 11.3 Å². The molecule has 1 aliphatic carbocycles. The van der Waals surface area contributed by atoms with Crippen LogP contribution in [0.4, 0.5) is 0 Å². The second-order valence-electron chi connectivity index (χ2n) is 6.20. The SMILES string of the molecule is Cc1ccc(CN(C)C(=O)CC2(CN)CCCCC2)s1. The van der Waals surface area contributed by atoms with Gasteiger partial charge in [0.15, 0.2) is 0 Å². The summed E-state index contributed by atoms with van der Waals surface area (Å²) in [5.74, 6) is 0.239. The molecule has 0 unspecified atom stereocenters. The van der Waals surface area contributed by atoms with Crippen LogP contribution in [0.1, 0.15) is 48.3 Å². The first-order valence-corrected chi connectivity index (χ1v) is 8.36. The van der Waals surface area contributed by atoms with Crippen molar-refractivity contribution < 1.29 is 4.79 Å². The van der Waals surface area contributed by atoms with Crippen molar-refractivity contribution in [2.75, 3.05) is 13.6 Å². The second-order valence-corrected chi connectivity index (χ2v) is 7.58. The van der Waals surface area contributed by atoms with Crippen molar-refractivity contribution in [1.29, 1.82) is 0 Å². The quantitative estimate of drug-likeness (QED) is 0.905.